The van der Waals surface area contributed by atoms with E-state index in [0.717, 1.165) is 12.2 Å². The zero-order valence-corrected chi connectivity index (χ0v) is 10.1. The van der Waals surface area contributed by atoms with Crippen LogP contribution < -0.4 is 10.5 Å². The Morgan fingerprint density at radius 3 is 2.73 bits per heavy atom. The molecular weight excluding hydrogens is 210 g/mol. The number of hydrogen-bond acceptors (Lipinski definition) is 2. The first-order chi connectivity index (χ1) is 7.19. The number of ether oxygens (including phenoxy) is 1. The van der Waals surface area contributed by atoms with Crippen molar-refractivity contribution in [1.29, 1.82) is 0 Å². The molecule has 2 nitrogen and oxygen atoms in total. The molecule has 1 aromatic carbocycles. The van der Waals surface area contributed by atoms with E-state index in [1.54, 1.807) is 0 Å². The summed E-state index contributed by atoms with van der Waals surface area (Å²) < 4.78 is 5.37. The van der Waals surface area contributed by atoms with Crippen LogP contribution in [0.1, 0.15) is 31.7 Å². The zero-order chi connectivity index (χ0) is 11.3. The van der Waals surface area contributed by atoms with E-state index < -0.39 is 0 Å². The Bertz CT molecular complexity index is 314. The van der Waals surface area contributed by atoms with Crippen LogP contribution in [0.3, 0.4) is 0 Å². The van der Waals surface area contributed by atoms with Gasteiger partial charge in [0, 0.05) is 0 Å². The first kappa shape index (κ1) is 12.3. The van der Waals surface area contributed by atoms with Crippen molar-refractivity contribution in [2.45, 2.75) is 26.2 Å². The Hall–Kier alpha value is -0.730. The van der Waals surface area contributed by atoms with Gasteiger partial charge in [0.05, 0.1) is 11.6 Å². The highest BCUT2D eigenvalue weighted by Gasteiger charge is 2.07. The molecule has 15 heavy (non-hydrogen) atoms. The second kappa shape index (κ2) is 5.99. The van der Waals surface area contributed by atoms with Crippen LogP contribution in [-0.2, 0) is 0 Å². The van der Waals surface area contributed by atoms with Crippen LogP contribution in [-0.4, -0.2) is 13.2 Å². The Morgan fingerprint density at radius 1 is 1.47 bits per heavy atom. The molecule has 0 aromatic heterocycles. The Balaban J connectivity index is 2.81. The van der Waals surface area contributed by atoms with Crippen LogP contribution >= 0.6 is 11.6 Å². The maximum atomic E-state index is 6.10. The maximum Gasteiger partial charge on any atom is 0.137 e. The fourth-order valence-electron chi connectivity index (χ4n) is 1.51. The van der Waals surface area contributed by atoms with E-state index >= 15 is 0 Å². The van der Waals surface area contributed by atoms with Crippen molar-refractivity contribution in [1.82, 2.24) is 0 Å². The first-order valence-electron chi connectivity index (χ1n) is 5.31. The minimum absolute atomic E-state index is 0.447. The molecular formula is C12H18ClNO. The van der Waals surface area contributed by atoms with Gasteiger partial charge in [-0.05, 0) is 43.5 Å². The van der Waals surface area contributed by atoms with Gasteiger partial charge in [-0.15, -0.1) is 0 Å². The topological polar surface area (TPSA) is 35.2 Å². The second-order valence-electron chi connectivity index (χ2n) is 3.60. The summed E-state index contributed by atoms with van der Waals surface area (Å²) in [5.41, 5.74) is 6.74. The molecule has 1 rings (SSSR count). The van der Waals surface area contributed by atoms with Gasteiger partial charge in [-0.1, -0.05) is 24.6 Å². The highest BCUT2D eigenvalue weighted by Crippen LogP contribution is 2.29. The third kappa shape index (κ3) is 3.40. The molecule has 0 amide bonds. The van der Waals surface area contributed by atoms with Crippen molar-refractivity contribution < 1.29 is 4.74 Å². The third-order valence-corrected chi connectivity index (χ3v) is 2.72. The molecule has 0 aliphatic carbocycles. The molecule has 0 radical (unpaired) electrons. The summed E-state index contributed by atoms with van der Waals surface area (Å²) in [6, 6.07) is 5.94. The summed E-state index contributed by atoms with van der Waals surface area (Å²) in [4.78, 5) is 0. The van der Waals surface area contributed by atoms with Gasteiger partial charge in [-0.25, -0.2) is 0 Å². The summed E-state index contributed by atoms with van der Waals surface area (Å²) in [5, 5.41) is 0.679. The lowest BCUT2D eigenvalue weighted by Crippen LogP contribution is -2.04. The van der Waals surface area contributed by atoms with E-state index in [1.165, 1.54) is 5.56 Å². The zero-order valence-electron chi connectivity index (χ0n) is 9.29. The molecule has 0 bridgehead atoms. The van der Waals surface area contributed by atoms with Crippen molar-refractivity contribution in [2.75, 3.05) is 13.2 Å². The molecule has 0 heterocycles. The number of halogens is 1. The Morgan fingerprint density at radius 2 is 2.20 bits per heavy atom. The van der Waals surface area contributed by atoms with Crippen LogP contribution in [0, 0.1) is 0 Å². The minimum atomic E-state index is 0.447. The Kier molecular flexibility index (Phi) is 4.92. The van der Waals surface area contributed by atoms with E-state index in [0.29, 0.717) is 24.1 Å². The molecule has 0 aliphatic rings. The standard InChI is InChI=1S/C12H18ClNO/c1-3-15-12-5-4-10(8-11(12)13)9(2)6-7-14/h4-5,8-9H,3,6-7,14H2,1-2H3. The Labute approximate surface area is 96.4 Å². The van der Waals surface area contributed by atoms with Gasteiger partial charge in [-0.3, -0.25) is 0 Å². The molecule has 2 N–H and O–H groups in total. The smallest absolute Gasteiger partial charge is 0.137 e. The van der Waals surface area contributed by atoms with Gasteiger partial charge in [0.1, 0.15) is 5.75 Å². The molecule has 3 heteroatoms. The number of nitrogens with two attached hydrogens (primary N) is 1. The highest BCUT2D eigenvalue weighted by atomic mass is 35.5. The van der Waals surface area contributed by atoms with E-state index in [4.69, 9.17) is 22.1 Å². The van der Waals surface area contributed by atoms with Gasteiger partial charge in [0.15, 0.2) is 0 Å². The minimum Gasteiger partial charge on any atom is -0.492 e. The molecule has 0 spiro atoms. The van der Waals surface area contributed by atoms with Crippen LogP contribution in [0.2, 0.25) is 5.02 Å². The summed E-state index contributed by atoms with van der Waals surface area (Å²) in [7, 11) is 0. The largest absolute Gasteiger partial charge is 0.492 e. The quantitative estimate of drug-likeness (QED) is 0.839. The van der Waals surface area contributed by atoms with E-state index in [9.17, 15) is 0 Å². The maximum absolute atomic E-state index is 6.10. The van der Waals surface area contributed by atoms with Gasteiger partial charge in [0.2, 0.25) is 0 Å². The lowest BCUT2D eigenvalue weighted by atomic mass is 9.98. The van der Waals surface area contributed by atoms with Crippen molar-refractivity contribution in [3.8, 4) is 5.75 Å². The summed E-state index contributed by atoms with van der Waals surface area (Å²) in [5.74, 6) is 1.20. The predicted octanol–water partition coefficient (Wildman–Crippen LogP) is 3.19. The number of rotatable bonds is 5. The van der Waals surface area contributed by atoms with Crippen molar-refractivity contribution >= 4 is 11.6 Å². The van der Waals surface area contributed by atoms with Crippen molar-refractivity contribution in [3.63, 3.8) is 0 Å². The van der Waals surface area contributed by atoms with E-state index in [1.807, 2.05) is 19.1 Å². The van der Waals surface area contributed by atoms with Crippen LogP contribution in [0.25, 0.3) is 0 Å². The molecule has 0 saturated heterocycles. The van der Waals surface area contributed by atoms with Crippen LogP contribution in [0.15, 0.2) is 18.2 Å². The first-order valence-corrected chi connectivity index (χ1v) is 5.69. The van der Waals surface area contributed by atoms with E-state index in [2.05, 4.69) is 13.0 Å². The molecule has 1 unspecified atom stereocenters. The average Bonchev–Trinajstić information content (AvgIpc) is 2.21. The van der Waals surface area contributed by atoms with Gasteiger partial charge in [0.25, 0.3) is 0 Å². The van der Waals surface area contributed by atoms with Crippen LogP contribution in [0.4, 0.5) is 0 Å². The average molecular weight is 228 g/mol. The lowest BCUT2D eigenvalue weighted by molar-refractivity contribution is 0.340. The molecule has 1 atom stereocenters. The summed E-state index contributed by atoms with van der Waals surface area (Å²) in [6.07, 6.45) is 0.976. The molecule has 1 aromatic rings. The summed E-state index contributed by atoms with van der Waals surface area (Å²) in [6.45, 7) is 5.43. The van der Waals surface area contributed by atoms with Gasteiger partial charge >= 0.3 is 0 Å². The second-order valence-corrected chi connectivity index (χ2v) is 4.01. The van der Waals surface area contributed by atoms with Crippen molar-refractivity contribution in [2.24, 2.45) is 5.73 Å². The van der Waals surface area contributed by atoms with Crippen LogP contribution in [0.5, 0.6) is 5.75 Å². The highest BCUT2D eigenvalue weighted by molar-refractivity contribution is 6.32. The fraction of sp³-hybridized carbons (Fsp3) is 0.500. The predicted molar refractivity (Wildman–Crippen MR) is 64.7 cm³/mol. The number of hydrogen-bond donors (Lipinski definition) is 1. The van der Waals surface area contributed by atoms with Gasteiger partial charge < -0.3 is 10.5 Å². The molecule has 0 saturated carbocycles. The fourth-order valence-corrected chi connectivity index (χ4v) is 1.76. The lowest BCUT2D eigenvalue weighted by Gasteiger charge is -2.12. The van der Waals surface area contributed by atoms with Gasteiger partial charge in [-0.2, -0.15) is 0 Å². The number of benzene rings is 1. The van der Waals surface area contributed by atoms with Crippen molar-refractivity contribution in [3.05, 3.63) is 28.8 Å². The SMILES string of the molecule is CCOc1ccc(C(C)CCN)cc1Cl. The monoisotopic (exact) mass is 227 g/mol. The third-order valence-electron chi connectivity index (χ3n) is 2.42. The normalized spacial score (nSPS) is 12.5. The summed E-state index contributed by atoms with van der Waals surface area (Å²) >= 11 is 6.10. The van der Waals surface area contributed by atoms with E-state index in [-0.39, 0.29) is 0 Å². The molecule has 0 fully saturated rings. The molecule has 84 valence electrons. The molecule has 0 aliphatic heterocycles.